The minimum atomic E-state index is -0.648. The van der Waals surface area contributed by atoms with Gasteiger partial charge in [-0.2, -0.15) is 5.10 Å². The van der Waals surface area contributed by atoms with Crippen molar-refractivity contribution in [3.05, 3.63) is 23.8 Å². The van der Waals surface area contributed by atoms with Crippen molar-refractivity contribution < 1.29 is 24.2 Å². The molecular weight excluding hydrogens is 679 g/mol. The number of hydrogen-bond acceptors (Lipinski definition) is 7. The van der Waals surface area contributed by atoms with E-state index in [9.17, 15) is 14.7 Å². The van der Waals surface area contributed by atoms with E-state index in [0.717, 1.165) is 32.1 Å². The fourth-order valence-electron chi connectivity index (χ4n) is 13.1. The van der Waals surface area contributed by atoms with E-state index >= 15 is 0 Å². The summed E-state index contributed by atoms with van der Waals surface area (Å²) in [5.74, 6) is 0.470. The summed E-state index contributed by atoms with van der Waals surface area (Å²) < 4.78 is 16.2. The third-order valence-electron chi connectivity index (χ3n) is 17.3. The lowest BCUT2D eigenvalue weighted by Crippen LogP contribution is -2.70. The molecule has 5 aliphatic rings. The average Bonchev–Trinajstić information content (AvgIpc) is 3.57. The van der Waals surface area contributed by atoms with Gasteiger partial charge < -0.3 is 24.8 Å². The summed E-state index contributed by atoms with van der Waals surface area (Å²) in [6.07, 6.45) is 9.08. The highest BCUT2D eigenvalue weighted by atomic mass is 16.5. The van der Waals surface area contributed by atoms with E-state index in [0.29, 0.717) is 49.8 Å². The molecule has 0 spiro atoms. The minimum absolute atomic E-state index is 0.0433. The van der Waals surface area contributed by atoms with E-state index < -0.39 is 22.7 Å². The van der Waals surface area contributed by atoms with Crippen LogP contribution in [0.5, 0.6) is 0 Å². The van der Waals surface area contributed by atoms with Crippen molar-refractivity contribution in [2.45, 2.75) is 145 Å². The number of nitrogens with zero attached hydrogens (tertiary/aromatic N) is 4. The van der Waals surface area contributed by atoms with Crippen molar-refractivity contribution >= 4 is 11.9 Å². The van der Waals surface area contributed by atoms with Crippen LogP contribution in [-0.2, 0) is 14.3 Å². The van der Waals surface area contributed by atoms with Crippen molar-refractivity contribution in [2.75, 3.05) is 33.9 Å². The van der Waals surface area contributed by atoms with Gasteiger partial charge in [0.15, 0.2) is 0 Å². The van der Waals surface area contributed by atoms with Crippen molar-refractivity contribution in [3.8, 4) is 0 Å². The Morgan fingerprint density at radius 3 is 2.33 bits per heavy atom. The van der Waals surface area contributed by atoms with E-state index in [1.165, 1.54) is 11.9 Å². The van der Waals surface area contributed by atoms with E-state index in [2.05, 4.69) is 105 Å². The maximum Gasteiger partial charge on any atom is 0.307 e. The van der Waals surface area contributed by atoms with Crippen molar-refractivity contribution in [1.82, 2.24) is 25.0 Å². The zero-order valence-corrected chi connectivity index (χ0v) is 36.1. The second-order valence-corrected chi connectivity index (χ2v) is 20.9. The number of allylic oxidation sites excluding steroid dienone is 1. The standard InChI is InChI=1S/C44H73N5O5/c1-26(2)29(7)40(9)19-20-41(10)30-15-16-33-39(8)21-32(49-36(45-25-46-49)37(50)47-28(5)6)35(54-23-43(12,27(3)4)48(13)14)44(33,24-53-22-39)31(30)17-18-42(41,11)34(40)38(51)52/h17,25-30,32-35H,15-16,18-24H2,1-14H3,(H,47,50)(H,51,52)/t29-,30+,32-,33-,34-,35+,39-,40-,41-,42+,43+,44+/m1/s1. The highest BCUT2D eigenvalue weighted by Crippen LogP contribution is 2.75. The summed E-state index contributed by atoms with van der Waals surface area (Å²) in [5.41, 5.74) is -0.459. The van der Waals surface area contributed by atoms with Crippen LogP contribution in [0.15, 0.2) is 18.0 Å². The third kappa shape index (κ3) is 5.87. The van der Waals surface area contributed by atoms with Gasteiger partial charge in [-0.15, -0.1) is 0 Å². The third-order valence-corrected chi connectivity index (χ3v) is 17.3. The number of carbonyl (C=O) groups is 2. The zero-order chi connectivity index (χ0) is 40.0. The summed E-state index contributed by atoms with van der Waals surface area (Å²) in [7, 11) is 4.26. The fraction of sp³-hybridized carbons (Fsp3) is 0.864. The molecule has 1 saturated heterocycles. The normalized spacial score (nSPS) is 40.8. The fourth-order valence-corrected chi connectivity index (χ4v) is 13.1. The number of ether oxygens (including phenoxy) is 2. The molecule has 1 aromatic heterocycles. The smallest absolute Gasteiger partial charge is 0.307 e. The van der Waals surface area contributed by atoms with Crippen LogP contribution in [0, 0.1) is 62.6 Å². The zero-order valence-electron chi connectivity index (χ0n) is 36.1. The van der Waals surface area contributed by atoms with E-state index in [-0.39, 0.29) is 57.7 Å². The molecule has 3 saturated carbocycles. The molecule has 54 heavy (non-hydrogen) atoms. The molecule has 1 amide bonds. The Bertz CT molecular complexity index is 1610. The first-order chi connectivity index (χ1) is 25.0. The van der Waals surface area contributed by atoms with Gasteiger partial charge >= 0.3 is 5.97 Å². The Morgan fingerprint density at radius 1 is 1.06 bits per heavy atom. The molecule has 6 rings (SSSR count). The van der Waals surface area contributed by atoms with E-state index in [4.69, 9.17) is 14.6 Å². The molecule has 0 aromatic carbocycles. The molecule has 304 valence electrons. The van der Waals surface area contributed by atoms with Gasteiger partial charge in [-0.1, -0.05) is 74.0 Å². The lowest BCUT2D eigenvalue weighted by molar-refractivity contribution is -0.256. The van der Waals surface area contributed by atoms with Gasteiger partial charge in [-0.25, -0.2) is 9.67 Å². The second kappa shape index (κ2) is 14.0. The molecule has 0 radical (unpaired) electrons. The predicted octanol–water partition coefficient (Wildman–Crippen LogP) is 7.91. The molecule has 2 heterocycles. The molecule has 4 fully saturated rings. The van der Waals surface area contributed by atoms with Crippen LogP contribution in [0.4, 0.5) is 0 Å². The predicted molar refractivity (Wildman–Crippen MR) is 212 cm³/mol. The van der Waals surface area contributed by atoms with Crippen molar-refractivity contribution in [1.29, 1.82) is 0 Å². The molecule has 2 bridgehead atoms. The molecule has 1 aromatic rings. The molecule has 0 unspecified atom stereocenters. The summed E-state index contributed by atoms with van der Waals surface area (Å²) in [5, 5.41) is 19.1. The van der Waals surface area contributed by atoms with Crippen molar-refractivity contribution in [3.63, 3.8) is 0 Å². The molecule has 2 N–H and O–H groups in total. The van der Waals surface area contributed by atoms with Gasteiger partial charge in [-0.05, 0) is 125 Å². The number of aliphatic carboxylic acids is 1. The lowest BCUT2D eigenvalue weighted by Gasteiger charge is -2.71. The van der Waals surface area contributed by atoms with Crippen LogP contribution in [0.2, 0.25) is 0 Å². The number of rotatable bonds is 11. The minimum Gasteiger partial charge on any atom is -0.481 e. The van der Waals surface area contributed by atoms with Gasteiger partial charge in [0.25, 0.3) is 5.91 Å². The van der Waals surface area contributed by atoms with Crippen LogP contribution in [0.25, 0.3) is 0 Å². The molecule has 10 heteroatoms. The molecular formula is C44H73N5O5. The summed E-state index contributed by atoms with van der Waals surface area (Å²) >= 11 is 0. The van der Waals surface area contributed by atoms with Crippen LogP contribution in [0.3, 0.4) is 0 Å². The molecule has 10 nitrogen and oxygen atoms in total. The van der Waals surface area contributed by atoms with Gasteiger partial charge in [0.05, 0.1) is 37.9 Å². The van der Waals surface area contributed by atoms with E-state index in [1.54, 1.807) is 0 Å². The highest BCUT2D eigenvalue weighted by Gasteiger charge is 2.73. The Balaban J connectivity index is 1.54. The number of hydrogen-bond donors (Lipinski definition) is 2. The average molecular weight is 752 g/mol. The molecule has 1 aliphatic heterocycles. The second-order valence-electron chi connectivity index (χ2n) is 20.9. The first-order valence-electron chi connectivity index (χ1n) is 21.1. The van der Waals surface area contributed by atoms with E-state index in [1.807, 2.05) is 18.5 Å². The number of carboxylic acids is 1. The highest BCUT2D eigenvalue weighted by molar-refractivity contribution is 5.90. The number of carboxylic acid groups (broad SMARTS) is 1. The summed E-state index contributed by atoms with van der Waals surface area (Å²) in [6, 6.07) is -0.295. The maximum absolute atomic E-state index is 13.7. The molecule has 12 atom stereocenters. The lowest BCUT2D eigenvalue weighted by atomic mass is 9.34. The van der Waals surface area contributed by atoms with Gasteiger partial charge in [0.2, 0.25) is 5.82 Å². The number of nitrogens with one attached hydrogen (secondary N) is 1. The van der Waals surface area contributed by atoms with Crippen LogP contribution in [0.1, 0.15) is 138 Å². The summed E-state index contributed by atoms with van der Waals surface area (Å²) in [4.78, 5) is 34.2. The summed E-state index contributed by atoms with van der Waals surface area (Å²) in [6.45, 7) is 28.6. The van der Waals surface area contributed by atoms with Crippen LogP contribution in [-0.4, -0.2) is 88.2 Å². The SMILES string of the molecule is CC(C)NC(=O)c1ncnn1[C@@H]1C[C@]2(C)COC[C@@]3(C4=CC[C@@]5(C)[C@H](C(=O)O)[C@@](C)([C@H](C)C(C)C)CC[C@]5(C)[C@H]4CC[C@H]23)[C@H]1OC[C@@](C)(C(C)C)N(C)C. The van der Waals surface area contributed by atoms with Crippen LogP contribution < -0.4 is 5.32 Å². The molecule has 4 aliphatic carbocycles. The van der Waals surface area contributed by atoms with Gasteiger partial charge in [-0.3, -0.25) is 9.59 Å². The Hall–Kier alpha value is -2.30. The topological polar surface area (TPSA) is 119 Å². The number of carbonyl (C=O) groups excluding carboxylic acids is 1. The maximum atomic E-state index is 13.7. The first-order valence-corrected chi connectivity index (χ1v) is 21.1. The number of likely N-dealkylation sites (N-methyl/N-ethyl adjacent to an activating group) is 1. The number of aromatic nitrogens is 3. The van der Waals surface area contributed by atoms with Gasteiger partial charge in [0.1, 0.15) is 6.33 Å². The first kappa shape index (κ1) is 41.3. The Kier molecular flexibility index (Phi) is 10.7. The number of amides is 1. The monoisotopic (exact) mass is 752 g/mol. The largest absolute Gasteiger partial charge is 0.481 e. The number of fused-ring (bicyclic) bond motifs is 3. The van der Waals surface area contributed by atoms with Gasteiger partial charge in [0, 0.05) is 17.0 Å². The quantitative estimate of drug-likeness (QED) is 0.219. The van der Waals surface area contributed by atoms with Crippen LogP contribution >= 0.6 is 0 Å². The Labute approximate surface area is 326 Å². The van der Waals surface area contributed by atoms with Crippen molar-refractivity contribution in [2.24, 2.45) is 62.6 Å². The Morgan fingerprint density at radius 2 is 1.74 bits per heavy atom.